The van der Waals surface area contributed by atoms with Gasteiger partial charge < -0.3 is 4.90 Å². The molecule has 1 amide bonds. The molecule has 2 aromatic rings. The summed E-state index contributed by atoms with van der Waals surface area (Å²) in [6.07, 6.45) is -1.13. The van der Waals surface area contributed by atoms with E-state index in [-0.39, 0.29) is 11.8 Å². The minimum atomic E-state index is -4.34. The van der Waals surface area contributed by atoms with Crippen LogP contribution in [0.5, 0.6) is 0 Å². The third kappa shape index (κ3) is 5.26. The maximum Gasteiger partial charge on any atom is 0.416 e. The predicted octanol–water partition coefficient (Wildman–Crippen LogP) is 3.54. The lowest BCUT2D eigenvalue weighted by atomic mass is 10.1. The highest BCUT2D eigenvalue weighted by molar-refractivity contribution is 6.30. The molecule has 1 aromatic heterocycles. The molecule has 152 valence electrons. The molecule has 1 aromatic carbocycles. The van der Waals surface area contributed by atoms with Crippen LogP contribution >= 0.6 is 11.6 Å². The highest BCUT2D eigenvalue weighted by Gasteiger charge is 2.31. The van der Waals surface area contributed by atoms with Gasteiger partial charge in [0.05, 0.1) is 29.2 Å². The topological polar surface area (TPSA) is 41.4 Å². The lowest BCUT2D eigenvalue weighted by Gasteiger charge is -2.36. The number of amides is 1. The minimum absolute atomic E-state index is 0.0466. The number of carbonyl (C=O) groups excluding carboxylic acids is 1. The van der Waals surface area contributed by atoms with Gasteiger partial charge >= 0.3 is 6.18 Å². The van der Waals surface area contributed by atoms with Crippen molar-refractivity contribution in [2.45, 2.75) is 26.2 Å². The second kappa shape index (κ2) is 8.53. The highest BCUT2D eigenvalue weighted by Crippen LogP contribution is 2.29. The van der Waals surface area contributed by atoms with Crippen LogP contribution in [0.15, 0.2) is 36.7 Å². The molecule has 1 aliphatic heterocycles. The van der Waals surface area contributed by atoms with E-state index in [1.807, 2.05) is 6.92 Å². The van der Waals surface area contributed by atoms with E-state index in [0.717, 1.165) is 6.07 Å². The molecule has 0 aliphatic carbocycles. The Morgan fingerprint density at radius 1 is 1.25 bits per heavy atom. The van der Waals surface area contributed by atoms with Gasteiger partial charge in [-0.05, 0) is 11.6 Å². The Hall–Kier alpha value is -2.06. The monoisotopic (exact) mass is 414 g/mol. The summed E-state index contributed by atoms with van der Waals surface area (Å²) in [4.78, 5) is 16.5. The Bertz CT molecular complexity index is 816. The Balaban J connectivity index is 1.51. The summed E-state index contributed by atoms with van der Waals surface area (Å²) in [6.45, 7) is 5.12. The fourth-order valence-corrected chi connectivity index (χ4v) is 3.50. The predicted molar refractivity (Wildman–Crippen MR) is 99.7 cm³/mol. The summed E-state index contributed by atoms with van der Waals surface area (Å²) in [5.41, 5.74) is -0.00936. The smallest absolute Gasteiger partial charge is 0.340 e. The number of nitrogens with zero attached hydrogens (tertiary/aromatic N) is 4. The van der Waals surface area contributed by atoms with Crippen LogP contribution in [0.25, 0.3) is 0 Å². The molecule has 3 rings (SSSR count). The molecule has 0 radical (unpaired) electrons. The largest absolute Gasteiger partial charge is 0.416 e. The van der Waals surface area contributed by atoms with Crippen molar-refractivity contribution in [2.75, 3.05) is 26.2 Å². The van der Waals surface area contributed by atoms with Gasteiger partial charge in [-0.1, -0.05) is 36.7 Å². The van der Waals surface area contributed by atoms with Crippen LogP contribution < -0.4 is 0 Å². The average molecular weight is 415 g/mol. The van der Waals surface area contributed by atoms with Gasteiger partial charge in [0.25, 0.3) is 0 Å². The van der Waals surface area contributed by atoms with Gasteiger partial charge in [-0.15, -0.1) is 0 Å². The molecule has 0 N–H and O–H groups in total. The number of hydrogen-bond acceptors (Lipinski definition) is 3. The average Bonchev–Trinajstić information content (AvgIpc) is 3.06. The first kappa shape index (κ1) is 20.7. The maximum atomic E-state index is 12.8. The number of benzene rings is 1. The molecule has 1 atom stereocenters. The molecule has 1 unspecified atom stereocenters. The van der Waals surface area contributed by atoms with Crippen LogP contribution in [-0.2, 0) is 24.1 Å². The van der Waals surface area contributed by atoms with Gasteiger partial charge in [0.15, 0.2) is 0 Å². The third-order valence-corrected chi connectivity index (χ3v) is 5.02. The van der Waals surface area contributed by atoms with E-state index in [9.17, 15) is 18.0 Å². The molecular weight excluding hydrogens is 393 g/mol. The summed E-state index contributed by atoms with van der Waals surface area (Å²) >= 11 is 5.84. The second-order valence-electron chi connectivity index (χ2n) is 7.08. The molecule has 0 saturated carbocycles. The quantitative estimate of drug-likeness (QED) is 0.751. The van der Waals surface area contributed by atoms with Crippen molar-refractivity contribution >= 4 is 17.5 Å². The first-order valence-corrected chi connectivity index (χ1v) is 9.45. The van der Waals surface area contributed by atoms with Crippen LogP contribution in [0.1, 0.15) is 18.1 Å². The van der Waals surface area contributed by atoms with E-state index in [4.69, 9.17) is 11.6 Å². The molecule has 1 fully saturated rings. The third-order valence-electron chi connectivity index (χ3n) is 4.83. The number of hydrogen-bond donors (Lipinski definition) is 0. The van der Waals surface area contributed by atoms with E-state index in [0.29, 0.717) is 49.9 Å². The molecule has 9 heteroatoms. The molecule has 1 aliphatic rings. The summed E-state index contributed by atoms with van der Waals surface area (Å²) in [6, 6.07) is 5.40. The van der Waals surface area contributed by atoms with E-state index in [1.54, 1.807) is 21.8 Å². The van der Waals surface area contributed by atoms with Gasteiger partial charge in [-0.3, -0.25) is 14.4 Å². The normalized spacial score (nSPS) is 17.0. The van der Waals surface area contributed by atoms with E-state index in [1.165, 1.54) is 18.3 Å². The van der Waals surface area contributed by atoms with Gasteiger partial charge in [0.2, 0.25) is 5.91 Å². The molecule has 2 heterocycles. The fourth-order valence-electron chi connectivity index (χ4n) is 3.34. The van der Waals surface area contributed by atoms with Crippen LogP contribution in [0.2, 0.25) is 5.02 Å². The Labute approximate surface area is 166 Å². The molecule has 5 nitrogen and oxygen atoms in total. The first-order chi connectivity index (χ1) is 13.2. The van der Waals surface area contributed by atoms with Crippen molar-refractivity contribution in [1.29, 1.82) is 0 Å². The summed E-state index contributed by atoms with van der Waals surface area (Å²) in [5, 5.41) is 4.62. The fraction of sp³-hybridized carbons (Fsp3) is 0.474. The molecule has 28 heavy (non-hydrogen) atoms. The van der Waals surface area contributed by atoms with Crippen molar-refractivity contribution < 1.29 is 18.0 Å². The molecular formula is C19H22ClF3N4O. The zero-order valence-corrected chi connectivity index (χ0v) is 16.2. The van der Waals surface area contributed by atoms with Crippen molar-refractivity contribution in [3.63, 3.8) is 0 Å². The van der Waals surface area contributed by atoms with Crippen molar-refractivity contribution in [1.82, 2.24) is 19.6 Å². The Morgan fingerprint density at radius 2 is 1.96 bits per heavy atom. The highest BCUT2D eigenvalue weighted by atomic mass is 35.5. The zero-order chi connectivity index (χ0) is 20.3. The standard InChI is InChI=1S/C19H22ClF3N4O/c1-14(11-27-13-17(20)10-24-27)18(28)26-7-5-25(6-8-26)12-15-3-2-4-16(9-15)19(21,22)23/h2-4,9-10,13-14H,5-8,11-12H2,1H3. The number of aromatic nitrogens is 2. The van der Waals surface area contributed by atoms with Gasteiger partial charge in [0, 0.05) is 38.9 Å². The first-order valence-electron chi connectivity index (χ1n) is 9.07. The van der Waals surface area contributed by atoms with Crippen molar-refractivity contribution in [3.05, 3.63) is 52.8 Å². The van der Waals surface area contributed by atoms with Gasteiger partial charge in [-0.2, -0.15) is 18.3 Å². The van der Waals surface area contributed by atoms with Crippen LogP contribution in [0.3, 0.4) is 0 Å². The Kier molecular flexibility index (Phi) is 6.30. The summed E-state index contributed by atoms with van der Waals surface area (Å²) in [5.74, 6) is -0.184. The number of rotatable bonds is 5. The second-order valence-corrected chi connectivity index (χ2v) is 7.52. The maximum absolute atomic E-state index is 12.8. The summed E-state index contributed by atoms with van der Waals surface area (Å²) < 4.78 is 40.2. The number of piperazine rings is 1. The Morgan fingerprint density at radius 3 is 2.57 bits per heavy atom. The summed E-state index contributed by atoms with van der Waals surface area (Å²) in [7, 11) is 0. The molecule has 0 bridgehead atoms. The van der Waals surface area contributed by atoms with Gasteiger partial charge in [0.1, 0.15) is 0 Å². The van der Waals surface area contributed by atoms with Crippen molar-refractivity contribution in [2.24, 2.45) is 5.92 Å². The van der Waals surface area contributed by atoms with Crippen molar-refractivity contribution in [3.8, 4) is 0 Å². The molecule has 0 spiro atoms. The van der Waals surface area contributed by atoms with E-state index >= 15 is 0 Å². The molecule has 1 saturated heterocycles. The lowest BCUT2D eigenvalue weighted by Crippen LogP contribution is -2.50. The van der Waals surface area contributed by atoms with Crippen LogP contribution in [0.4, 0.5) is 13.2 Å². The zero-order valence-electron chi connectivity index (χ0n) is 15.5. The van der Waals surface area contributed by atoms with Crippen LogP contribution in [0, 0.1) is 5.92 Å². The number of halogens is 4. The minimum Gasteiger partial charge on any atom is -0.340 e. The number of carbonyl (C=O) groups is 1. The van der Waals surface area contributed by atoms with E-state index < -0.39 is 11.7 Å². The van der Waals surface area contributed by atoms with Crippen LogP contribution in [-0.4, -0.2) is 51.7 Å². The van der Waals surface area contributed by atoms with E-state index in [2.05, 4.69) is 10.00 Å². The number of alkyl halides is 3. The van der Waals surface area contributed by atoms with Gasteiger partial charge in [-0.25, -0.2) is 0 Å². The lowest BCUT2D eigenvalue weighted by molar-refractivity contribution is -0.138. The SMILES string of the molecule is CC(Cn1cc(Cl)cn1)C(=O)N1CCN(Cc2cccc(C(F)(F)F)c2)CC1.